The topological polar surface area (TPSA) is 47.3 Å². The number of nitrogens with one attached hydrogen (secondary N) is 1. The molecule has 1 atom stereocenters. The third-order valence-corrected chi connectivity index (χ3v) is 3.65. The van der Waals surface area contributed by atoms with Gasteiger partial charge >= 0.3 is 0 Å². The van der Waals surface area contributed by atoms with Crippen molar-refractivity contribution in [1.82, 2.24) is 5.43 Å². The van der Waals surface area contributed by atoms with E-state index in [1.165, 1.54) is 6.07 Å². The molecule has 3 N–H and O–H groups in total. The molecule has 0 aromatic heterocycles. The lowest BCUT2D eigenvalue weighted by Gasteiger charge is -2.20. The number of hydrogen-bond donors (Lipinski definition) is 2. The average Bonchev–Trinajstić information content (AvgIpc) is 2.45. The van der Waals surface area contributed by atoms with Crippen molar-refractivity contribution in [2.24, 2.45) is 5.84 Å². The number of nitrogens with two attached hydrogens (primary N) is 1. The zero-order valence-electron chi connectivity index (χ0n) is 11.3. The first-order chi connectivity index (χ1) is 9.58. The van der Waals surface area contributed by atoms with Crippen molar-refractivity contribution in [2.45, 2.75) is 13.0 Å². The van der Waals surface area contributed by atoms with Crippen LogP contribution in [0.5, 0.6) is 5.75 Å². The maximum Gasteiger partial charge on any atom is 0.142 e. The SMILES string of the molecule is COc1ccc(C(NN)c2cccc(F)c2Cl)c(C)c1. The van der Waals surface area contributed by atoms with Gasteiger partial charge in [0.2, 0.25) is 0 Å². The smallest absolute Gasteiger partial charge is 0.142 e. The second-order valence-corrected chi connectivity index (χ2v) is 4.84. The maximum absolute atomic E-state index is 13.6. The zero-order chi connectivity index (χ0) is 14.7. The van der Waals surface area contributed by atoms with E-state index in [-0.39, 0.29) is 11.1 Å². The Kier molecular flexibility index (Phi) is 4.60. The number of rotatable bonds is 4. The molecule has 106 valence electrons. The third kappa shape index (κ3) is 2.77. The summed E-state index contributed by atoms with van der Waals surface area (Å²) in [6.07, 6.45) is 0. The highest BCUT2D eigenvalue weighted by Gasteiger charge is 2.19. The molecule has 5 heteroatoms. The molecular formula is C15H16ClFN2O. The maximum atomic E-state index is 13.6. The van der Waals surface area contributed by atoms with Crippen LogP contribution in [-0.4, -0.2) is 7.11 Å². The van der Waals surface area contributed by atoms with E-state index in [9.17, 15) is 4.39 Å². The molecule has 0 radical (unpaired) electrons. The Morgan fingerprint density at radius 1 is 1.25 bits per heavy atom. The van der Waals surface area contributed by atoms with Crippen LogP contribution in [0.15, 0.2) is 36.4 Å². The van der Waals surface area contributed by atoms with Crippen molar-refractivity contribution in [1.29, 1.82) is 0 Å². The minimum absolute atomic E-state index is 0.0747. The van der Waals surface area contributed by atoms with Crippen LogP contribution in [0.4, 0.5) is 4.39 Å². The van der Waals surface area contributed by atoms with Gasteiger partial charge in [0.15, 0.2) is 0 Å². The molecule has 1 unspecified atom stereocenters. The zero-order valence-corrected chi connectivity index (χ0v) is 12.0. The molecule has 0 bridgehead atoms. The highest BCUT2D eigenvalue weighted by molar-refractivity contribution is 6.31. The van der Waals surface area contributed by atoms with Crippen molar-refractivity contribution in [3.05, 3.63) is 63.9 Å². The normalized spacial score (nSPS) is 12.2. The predicted molar refractivity (Wildman–Crippen MR) is 78.3 cm³/mol. The van der Waals surface area contributed by atoms with Crippen LogP contribution in [-0.2, 0) is 0 Å². The summed E-state index contributed by atoms with van der Waals surface area (Å²) in [5, 5.41) is 0.0747. The van der Waals surface area contributed by atoms with Gasteiger partial charge in [0, 0.05) is 0 Å². The van der Waals surface area contributed by atoms with Crippen LogP contribution in [0.3, 0.4) is 0 Å². The van der Waals surface area contributed by atoms with Gasteiger partial charge in [0.1, 0.15) is 11.6 Å². The van der Waals surface area contributed by atoms with Gasteiger partial charge in [-0.1, -0.05) is 29.8 Å². The van der Waals surface area contributed by atoms with E-state index in [1.807, 2.05) is 25.1 Å². The van der Waals surface area contributed by atoms with Crippen molar-refractivity contribution < 1.29 is 9.13 Å². The molecule has 0 spiro atoms. The van der Waals surface area contributed by atoms with Crippen molar-refractivity contribution in [2.75, 3.05) is 7.11 Å². The predicted octanol–water partition coefficient (Wildman–Crippen LogP) is 3.35. The fraction of sp³-hybridized carbons (Fsp3) is 0.200. The summed E-state index contributed by atoms with van der Waals surface area (Å²) in [5.74, 6) is 5.93. The van der Waals surface area contributed by atoms with Crippen LogP contribution in [0, 0.1) is 12.7 Å². The molecule has 0 aliphatic rings. The van der Waals surface area contributed by atoms with Gasteiger partial charge < -0.3 is 4.74 Å². The second kappa shape index (κ2) is 6.22. The number of methoxy groups -OCH3 is 1. The van der Waals surface area contributed by atoms with E-state index in [2.05, 4.69) is 5.43 Å². The van der Waals surface area contributed by atoms with Crippen molar-refractivity contribution in [3.63, 3.8) is 0 Å². The van der Waals surface area contributed by atoms with E-state index in [1.54, 1.807) is 19.2 Å². The number of hydrogen-bond acceptors (Lipinski definition) is 3. The Bertz CT molecular complexity index is 619. The fourth-order valence-electron chi connectivity index (χ4n) is 2.19. The van der Waals surface area contributed by atoms with Crippen LogP contribution < -0.4 is 16.0 Å². The van der Waals surface area contributed by atoms with Crippen LogP contribution >= 0.6 is 11.6 Å². The third-order valence-electron chi connectivity index (χ3n) is 3.25. The fourth-order valence-corrected chi connectivity index (χ4v) is 2.42. The molecule has 2 aromatic carbocycles. The Balaban J connectivity index is 2.50. The number of hydrazine groups is 1. The summed E-state index contributed by atoms with van der Waals surface area (Å²) < 4.78 is 18.8. The van der Waals surface area contributed by atoms with Gasteiger partial charge in [0.25, 0.3) is 0 Å². The Labute approximate surface area is 122 Å². The highest BCUT2D eigenvalue weighted by atomic mass is 35.5. The molecular weight excluding hydrogens is 279 g/mol. The summed E-state index contributed by atoms with van der Waals surface area (Å²) in [7, 11) is 1.61. The molecule has 3 nitrogen and oxygen atoms in total. The van der Waals surface area contributed by atoms with E-state index in [4.69, 9.17) is 22.2 Å². The lowest BCUT2D eigenvalue weighted by Crippen LogP contribution is -2.29. The summed E-state index contributed by atoms with van der Waals surface area (Å²) in [4.78, 5) is 0. The van der Waals surface area contributed by atoms with Gasteiger partial charge in [-0.25, -0.2) is 9.82 Å². The molecule has 0 amide bonds. The highest BCUT2D eigenvalue weighted by Crippen LogP contribution is 2.32. The average molecular weight is 295 g/mol. The summed E-state index contributed by atoms with van der Waals surface area (Å²) in [6, 6.07) is 9.91. The summed E-state index contributed by atoms with van der Waals surface area (Å²) in [5.41, 5.74) is 5.19. The minimum atomic E-state index is -0.462. The quantitative estimate of drug-likeness (QED) is 0.671. The van der Waals surface area contributed by atoms with E-state index in [0.717, 1.165) is 16.9 Å². The van der Waals surface area contributed by atoms with E-state index < -0.39 is 5.82 Å². The van der Waals surface area contributed by atoms with Gasteiger partial charge in [-0.3, -0.25) is 5.84 Å². The molecule has 0 aliphatic carbocycles. The minimum Gasteiger partial charge on any atom is -0.497 e. The molecule has 0 heterocycles. The number of aryl methyl sites for hydroxylation is 1. The summed E-state index contributed by atoms with van der Waals surface area (Å²) in [6.45, 7) is 1.94. The number of ether oxygens (including phenoxy) is 1. The molecule has 0 saturated heterocycles. The standard InChI is InChI=1S/C15H16ClFN2O/c1-9-8-10(20-2)6-7-11(9)15(19-18)12-4-3-5-13(17)14(12)16/h3-8,15,19H,18H2,1-2H3. The largest absolute Gasteiger partial charge is 0.497 e. The monoisotopic (exact) mass is 294 g/mol. The number of halogens is 2. The van der Waals surface area contributed by atoms with Gasteiger partial charge in [0.05, 0.1) is 18.2 Å². The van der Waals surface area contributed by atoms with Crippen LogP contribution in [0.2, 0.25) is 5.02 Å². The Morgan fingerprint density at radius 3 is 2.60 bits per heavy atom. The molecule has 0 fully saturated rings. The van der Waals surface area contributed by atoms with Gasteiger partial charge in [-0.15, -0.1) is 0 Å². The van der Waals surface area contributed by atoms with Crippen molar-refractivity contribution in [3.8, 4) is 5.75 Å². The lowest BCUT2D eigenvalue weighted by atomic mass is 9.95. The summed E-state index contributed by atoms with van der Waals surface area (Å²) >= 11 is 6.03. The molecule has 2 rings (SSSR count). The molecule has 2 aromatic rings. The van der Waals surface area contributed by atoms with E-state index >= 15 is 0 Å². The lowest BCUT2D eigenvalue weighted by molar-refractivity contribution is 0.414. The van der Waals surface area contributed by atoms with Gasteiger partial charge in [-0.2, -0.15) is 0 Å². The molecule has 0 saturated carbocycles. The first kappa shape index (κ1) is 14.8. The first-order valence-corrected chi connectivity index (χ1v) is 6.51. The van der Waals surface area contributed by atoms with E-state index in [0.29, 0.717) is 5.56 Å². The Hall–Kier alpha value is -1.62. The Morgan fingerprint density at radius 2 is 2.00 bits per heavy atom. The van der Waals surface area contributed by atoms with Crippen LogP contribution in [0.25, 0.3) is 0 Å². The second-order valence-electron chi connectivity index (χ2n) is 4.47. The van der Waals surface area contributed by atoms with Gasteiger partial charge in [-0.05, 0) is 41.8 Å². The van der Waals surface area contributed by atoms with Crippen molar-refractivity contribution >= 4 is 11.6 Å². The first-order valence-electron chi connectivity index (χ1n) is 6.13. The molecule has 0 aliphatic heterocycles. The molecule has 20 heavy (non-hydrogen) atoms. The van der Waals surface area contributed by atoms with Crippen LogP contribution in [0.1, 0.15) is 22.7 Å². The number of benzene rings is 2.